The summed E-state index contributed by atoms with van der Waals surface area (Å²) >= 11 is 0. The van der Waals surface area contributed by atoms with Gasteiger partial charge >= 0.3 is 0 Å². The number of rotatable bonds is 2. The molecule has 1 aromatic rings. The Morgan fingerprint density at radius 1 is 1.42 bits per heavy atom. The van der Waals surface area contributed by atoms with Crippen LogP contribution < -0.4 is 5.32 Å². The van der Waals surface area contributed by atoms with E-state index in [2.05, 4.69) is 5.32 Å². The molecule has 1 aromatic carbocycles. The van der Waals surface area contributed by atoms with E-state index in [1.54, 1.807) is 11.8 Å². The van der Waals surface area contributed by atoms with Crippen molar-refractivity contribution in [3.63, 3.8) is 0 Å². The van der Waals surface area contributed by atoms with Gasteiger partial charge in [-0.05, 0) is 31.5 Å². The zero-order valence-corrected chi connectivity index (χ0v) is 11.1. The van der Waals surface area contributed by atoms with Crippen LogP contribution in [0.2, 0.25) is 0 Å². The van der Waals surface area contributed by atoms with Gasteiger partial charge in [0.05, 0.1) is 5.92 Å². The molecule has 5 heteroatoms. The van der Waals surface area contributed by atoms with Crippen LogP contribution in [0.1, 0.15) is 25.3 Å². The number of hydrogen-bond donors (Lipinski definition) is 1. The average molecular weight is 268 g/mol. The second kappa shape index (κ2) is 5.65. The fourth-order valence-electron chi connectivity index (χ4n) is 2.34. The topological polar surface area (TPSA) is 32.3 Å². The van der Waals surface area contributed by atoms with Crippen LogP contribution in [0.3, 0.4) is 0 Å². The van der Waals surface area contributed by atoms with Crippen molar-refractivity contribution in [3.8, 4) is 0 Å². The molecule has 0 spiro atoms. The summed E-state index contributed by atoms with van der Waals surface area (Å²) in [6.45, 7) is 5.87. The van der Waals surface area contributed by atoms with Crippen molar-refractivity contribution < 1.29 is 13.6 Å². The molecule has 1 saturated heterocycles. The van der Waals surface area contributed by atoms with Crippen LogP contribution in [0.5, 0.6) is 0 Å². The first kappa shape index (κ1) is 13.9. The van der Waals surface area contributed by atoms with Crippen LogP contribution in [0.4, 0.5) is 8.78 Å². The van der Waals surface area contributed by atoms with Crippen LogP contribution in [0.15, 0.2) is 18.2 Å². The van der Waals surface area contributed by atoms with Gasteiger partial charge in [-0.1, -0.05) is 6.07 Å². The van der Waals surface area contributed by atoms with Crippen LogP contribution in [0, 0.1) is 11.6 Å². The Hall–Kier alpha value is -1.49. The fourth-order valence-corrected chi connectivity index (χ4v) is 2.34. The number of nitrogens with one attached hydrogen (secondary N) is 1. The van der Waals surface area contributed by atoms with Gasteiger partial charge in [0, 0.05) is 25.7 Å². The highest BCUT2D eigenvalue weighted by molar-refractivity contribution is 5.83. The number of nitrogens with zero attached hydrogens (tertiary/aromatic N) is 1. The Morgan fingerprint density at radius 3 is 2.79 bits per heavy atom. The maximum atomic E-state index is 13.2. The molecule has 0 aromatic heterocycles. The first-order valence-corrected chi connectivity index (χ1v) is 6.47. The average Bonchev–Trinajstić information content (AvgIpc) is 2.41. The first-order chi connectivity index (χ1) is 9.00. The molecule has 0 saturated carbocycles. The molecule has 104 valence electrons. The van der Waals surface area contributed by atoms with E-state index in [1.807, 2.05) is 6.92 Å². The third-order valence-electron chi connectivity index (χ3n) is 3.60. The number of halogens is 2. The highest BCUT2D eigenvalue weighted by Gasteiger charge is 2.27. The minimum atomic E-state index is -0.912. The summed E-state index contributed by atoms with van der Waals surface area (Å²) in [5.74, 6) is -2.31. The predicted molar refractivity (Wildman–Crippen MR) is 68.8 cm³/mol. The molecule has 19 heavy (non-hydrogen) atoms. The molecule has 1 N–H and O–H groups in total. The summed E-state index contributed by atoms with van der Waals surface area (Å²) in [4.78, 5) is 14.2. The van der Waals surface area contributed by atoms with Gasteiger partial charge < -0.3 is 10.2 Å². The summed E-state index contributed by atoms with van der Waals surface area (Å²) in [7, 11) is 0. The summed E-state index contributed by atoms with van der Waals surface area (Å²) in [5.41, 5.74) is 0.509. The number of piperazine rings is 1. The molecule has 1 amide bonds. The van der Waals surface area contributed by atoms with E-state index in [1.165, 1.54) is 6.07 Å². The quantitative estimate of drug-likeness (QED) is 0.888. The molecule has 0 aliphatic carbocycles. The van der Waals surface area contributed by atoms with E-state index in [4.69, 9.17) is 0 Å². The molecule has 1 fully saturated rings. The van der Waals surface area contributed by atoms with Crippen LogP contribution in [-0.2, 0) is 4.79 Å². The van der Waals surface area contributed by atoms with Crippen LogP contribution in [-0.4, -0.2) is 36.5 Å². The molecule has 2 rings (SSSR count). The Labute approximate surface area is 111 Å². The van der Waals surface area contributed by atoms with Crippen LogP contribution in [0.25, 0.3) is 0 Å². The number of carbonyl (C=O) groups is 1. The van der Waals surface area contributed by atoms with Crippen molar-refractivity contribution >= 4 is 5.91 Å². The highest BCUT2D eigenvalue weighted by atomic mass is 19.2. The van der Waals surface area contributed by atoms with Gasteiger partial charge in [0.15, 0.2) is 11.6 Å². The molecular weight excluding hydrogens is 250 g/mol. The molecule has 0 bridgehead atoms. The SMILES string of the molecule is CC(C(=O)N1CCNC[C@H]1C)c1ccc(F)c(F)c1. The normalized spacial score (nSPS) is 21.3. The number of benzene rings is 1. The Morgan fingerprint density at radius 2 is 2.16 bits per heavy atom. The first-order valence-electron chi connectivity index (χ1n) is 6.47. The van der Waals surface area contributed by atoms with Crippen molar-refractivity contribution in [2.45, 2.75) is 25.8 Å². The van der Waals surface area contributed by atoms with Crippen molar-refractivity contribution in [3.05, 3.63) is 35.4 Å². The lowest BCUT2D eigenvalue weighted by atomic mass is 9.98. The Kier molecular flexibility index (Phi) is 4.14. The third kappa shape index (κ3) is 2.92. The van der Waals surface area contributed by atoms with E-state index in [9.17, 15) is 13.6 Å². The van der Waals surface area contributed by atoms with Gasteiger partial charge in [-0.15, -0.1) is 0 Å². The molecular formula is C14H18F2N2O. The summed E-state index contributed by atoms with van der Waals surface area (Å²) in [6.07, 6.45) is 0. The van der Waals surface area contributed by atoms with E-state index in [-0.39, 0.29) is 11.9 Å². The van der Waals surface area contributed by atoms with Crippen molar-refractivity contribution in [2.24, 2.45) is 0 Å². The van der Waals surface area contributed by atoms with Crippen molar-refractivity contribution in [2.75, 3.05) is 19.6 Å². The summed E-state index contributed by atoms with van der Waals surface area (Å²) < 4.78 is 26.1. The molecule has 0 radical (unpaired) electrons. The third-order valence-corrected chi connectivity index (χ3v) is 3.60. The molecule has 1 aliphatic heterocycles. The van der Waals surface area contributed by atoms with E-state index in [0.717, 1.165) is 25.2 Å². The van der Waals surface area contributed by atoms with E-state index >= 15 is 0 Å². The second-order valence-corrected chi connectivity index (χ2v) is 4.98. The maximum absolute atomic E-state index is 13.2. The lowest BCUT2D eigenvalue weighted by molar-refractivity contribution is -0.135. The second-order valence-electron chi connectivity index (χ2n) is 4.98. The summed E-state index contributed by atoms with van der Waals surface area (Å²) in [5, 5.41) is 3.21. The largest absolute Gasteiger partial charge is 0.337 e. The molecule has 3 nitrogen and oxygen atoms in total. The highest BCUT2D eigenvalue weighted by Crippen LogP contribution is 2.21. The zero-order valence-electron chi connectivity index (χ0n) is 11.1. The zero-order chi connectivity index (χ0) is 14.0. The standard InChI is InChI=1S/C14H18F2N2O/c1-9-8-17-5-6-18(9)14(19)10(2)11-3-4-12(15)13(16)7-11/h3-4,7,9-10,17H,5-6,8H2,1-2H3/t9-,10?/m1/s1. The number of hydrogen-bond acceptors (Lipinski definition) is 2. The minimum absolute atomic E-state index is 0.0417. The van der Waals surface area contributed by atoms with Gasteiger partial charge in [0.2, 0.25) is 5.91 Å². The van der Waals surface area contributed by atoms with Gasteiger partial charge in [0.1, 0.15) is 0 Å². The Bertz CT molecular complexity index is 479. The van der Waals surface area contributed by atoms with E-state index in [0.29, 0.717) is 12.1 Å². The number of carbonyl (C=O) groups excluding carboxylic acids is 1. The van der Waals surface area contributed by atoms with Gasteiger partial charge in [-0.25, -0.2) is 8.78 Å². The lowest BCUT2D eigenvalue weighted by Crippen LogP contribution is -2.53. The monoisotopic (exact) mass is 268 g/mol. The predicted octanol–water partition coefficient (Wildman–Crippen LogP) is 1.89. The van der Waals surface area contributed by atoms with Gasteiger partial charge in [-0.2, -0.15) is 0 Å². The fraction of sp³-hybridized carbons (Fsp3) is 0.500. The molecule has 1 unspecified atom stereocenters. The molecule has 1 heterocycles. The van der Waals surface area contributed by atoms with E-state index < -0.39 is 17.6 Å². The Balaban J connectivity index is 2.15. The maximum Gasteiger partial charge on any atom is 0.230 e. The smallest absolute Gasteiger partial charge is 0.230 e. The minimum Gasteiger partial charge on any atom is -0.337 e. The molecule has 2 atom stereocenters. The van der Waals surface area contributed by atoms with Gasteiger partial charge in [0.25, 0.3) is 0 Å². The van der Waals surface area contributed by atoms with Gasteiger partial charge in [-0.3, -0.25) is 4.79 Å². The van der Waals surface area contributed by atoms with Crippen molar-refractivity contribution in [1.82, 2.24) is 10.2 Å². The van der Waals surface area contributed by atoms with Crippen LogP contribution >= 0.6 is 0 Å². The number of amides is 1. The molecule has 1 aliphatic rings. The van der Waals surface area contributed by atoms with Crippen molar-refractivity contribution in [1.29, 1.82) is 0 Å². The lowest BCUT2D eigenvalue weighted by Gasteiger charge is -2.35. The summed E-state index contributed by atoms with van der Waals surface area (Å²) in [6, 6.07) is 3.75.